The molecular weight excluding hydrogens is 316 g/mol. The van der Waals surface area contributed by atoms with Gasteiger partial charge in [0, 0.05) is 5.02 Å². The van der Waals surface area contributed by atoms with E-state index >= 15 is 0 Å². The van der Waals surface area contributed by atoms with E-state index in [4.69, 9.17) is 22.1 Å². The van der Waals surface area contributed by atoms with Crippen molar-refractivity contribution in [3.63, 3.8) is 0 Å². The summed E-state index contributed by atoms with van der Waals surface area (Å²) in [6, 6.07) is 11.7. The van der Waals surface area contributed by atoms with E-state index < -0.39 is 12.0 Å². The predicted molar refractivity (Wildman–Crippen MR) is 89.9 cm³/mol. The molecule has 0 unspecified atom stereocenters. The summed E-state index contributed by atoms with van der Waals surface area (Å²) in [6.45, 7) is 3.46. The Labute approximate surface area is 139 Å². The lowest BCUT2D eigenvalue weighted by Gasteiger charge is -2.17. The zero-order chi connectivity index (χ0) is 17.0. The first-order valence-electron chi connectivity index (χ1n) is 7.01. The lowest BCUT2D eigenvalue weighted by molar-refractivity contribution is -0.122. The van der Waals surface area contributed by atoms with Gasteiger partial charge in [0.1, 0.15) is 5.75 Å². The number of nitrogens with two attached hydrogens (primary N) is 1. The van der Waals surface area contributed by atoms with Gasteiger partial charge in [-0.2, -0.15) is 0 Å². The molecule has 0 saturated carbocycles. The van der Waals surface area contributed by atoms with Crippen LogP contribution in [0.5, 0.6) is 5.75 Å². The number of anilines is 1. The number of nitrogens with one attached hydrogen (secondary N) is 1. The Bertz CT molecular complexity index is 746. The van der Waals surface area contributed by atoms with Gasteiger partial charge in [-0.25, -0.2) is 0 Å². The van der Waals surface area contributed by atoms with E-state index in [0.29, 0.717) is 16.5 Å². The summed E-state index contributed by atoms with van der Waals surface area (Å²) >= 11 is 5.89. The third kappa shape index (κ3) is 4.23. The van der Waals surface area contributed by atoms with Crippen LogP contribution in [0.4, 0.5) is 5.69 Å². The van der Waals surface area contributed by atoms with E-state index in [1.165, 1.54) is 0 Å². The molecule has 1 atom stereocenters. The fourth-order valence-corrected chi connectivity index (χ4v) is 2.26. The third-order valence-corrected chi connectivity index (χ3v) is 3.50. The highest BCUT2D eigenvalue weighted by Crippen LogP contribution is 2.23. The van der Waals surface area contributed by atoms with Crippen LogP contribution in [0.15, 0.2) is 42.5 Å². The summed E-state index contributed by atoms with van der Waals surface area (Å²) in [4.78, 5) is 23.6. The molecule has 23 heavy (non-hydrogen) atoms. The number of primary amides is 1. The van der Waals surface area contributed by atoms with E-state index in [2.05, 4.69) is 5.32 Å². The van der Waals surface area contributed by atoms with Crippen molar-refractivity contribution in [3.8, 4) is 5.75 Å². The molecule has 0 saturated heterocycles. The molecule has 2 rings (SSSR count). The van der Waals surface area contributed by atoms with Gasteiger partial charge in [-0.15, -0.1) is 0 Å². The molecule has 0 aromatic heterocycles. The highest BCUT2D eigenvalue weighted by molar-refractivity contribution is 6.30. The molecule has 0 aliphatic heterocycles. The molecule has 0 bridgehead atoms. The molecule has 0 spiro atoms. The minimum Gasteiger partial charge on any atom is -0.481 e. The highest BCUT2D eigenvalue weighted by atomic mass is 35.5. The molecule has 2 amide bonds. The average Bonchev–Trinajstić information content (AvgIpc) is 2.50. The lowest BCUT2D eigenvalue weighted by atomic mass is 10.1. The predicted octanol–water partition coefficient (Wildman–Crippen LogP) is 3.15. The number of halogens is 1. The largest absolute Gasteiger partial charge is 0.481 e. The summed E-state index contributed by atoms with van der Waals surface area (Å²) < 4.78 is 5.65. The number of ether oxygens (including phenoxy) is 1. The summed E-state index contributed by atoms with van der Waals surface area (Å²) in [5.74, 6) is -0.420. The van der Waals surface area contributed by atoms with Crippen molar-refractivity contribution in [1.82, 2.24) is 0 Å². The number of carbonyl (C=O) groups is 2. The summed E-state index contributed by atoms with van der Waals surface area (Å²) in [7, 11) is 0. The Morgan fingerprint density at radius 2 is 1.91 bits per heavy atom. The van der Waals surface area contributed by atoms with Crippen molar-refractivity contribution in [2.45, 2.75) is 20.0 Å². The van der Waals surface area contributed by atoms with Crippen molar-refractivity contribution in [2.24, 2.45) is 5.73 Å². The van der Waals surface area contributed by atoms with Gasteiger partial charge in [-0.05, 0) is 49.7 Å². The molecule has 0 aliphatic rings. The SMILES string of the molecule is Cc1cc(Cl)ccc1O[C@@H](C)C(=O)Nc1ccccc1C(N)=O. The van der Waals surface area contributed by atoms with Gasteiger partial charge < -0.3 is 15.8 Å². The second-order valence-electron chi connectivity index (χ2n) is 5.07. The zero-order valence-electron chi connectivity index (χ0n) is 12.8. The molecule has 0 fully saturated rings. The Balaban J connectivity index is 2.10. The van der Waals surface area contributed by atoms with Gasteiger partial charge in [0.25, 0.3) is 11.8 Å². The van der Waals surface area contributed by atoms with Gasteiger partial charge in [0.15, 0.2) is 6.10 Å². The number of carbonyl (C=O) groups excluding carboxylic acids is 2. The third-order valence-electron chi connectivity index (χ3n) is 3.26. The smallest absolute Gasteiger partial charge is 0.265 e. The Morgan fingerprint density at radius 1 is 1.22 bits per heavy atom. The van der Waals surface area contributed by atoms with Crippen molar-refractivity contribution < 1.29 is 14.3 Å². The number of rotatable bonds is 5. The summed E-state index contributed by atoms with van der Waals surface area (Å²) in [6.07, 6.45) is -0.754. The maximum atomic E-state index is 12.3. The van der Waals surface area contributed by atoms with Crippen LogP contribution < -0.4 is 15.8 Å². The van der Waals surface area contributed by atoms with Crippen molar-refractivity contribution in [3.05, 3.63) is 58.6 Å². The van der Waals surface area contributed by atoms with E-state index in [1.807, 2.05) is 6.92 Å². The molecule has 2 aromatic rings. The minimum absolute atomic E-state index is 0.246. The molecule has 0 aliphatic carbocycles. The zero-order valence-corrected chi connectivity index (χ0v) is 13.6. The normalized spacial score (nSPS) is 11.6. The molecule has 6 heteroatoms. The fraction of sp³-hybridized carbons (Fsp3) is 0.176. The molecule has 0 heterocycles. The average molecular weight is 333 g/mol. The molecule has 120 valence electrons. The standard InChI is InChI=1S/C17H17ClN2O3/c1-10-9-12(18)7-8-15(10)23-11(2)17(22)20-14-6-4-3-5-13(14)16(19)21/h3-9,11H,1-2H3,(H2,19,21)(H,20,22)/t11-/m0/s1. The van der Waals surface area contributed by atoms with E-state index in [9.17, 15) is 9.59 Å². The number of aryl methyl sites for hydroxylation is 1. The molecule has 5 nitrogen and oxygen atoms in total. The number of hydrogen-bond donors (Lipinski definition) is 2. The van der Waals surface area contributed by atoms with Gasteiger partial charge in [0.2, 0.25) is 0 Å². The van der Waals surface area contributed by atoms with Crippen molar-refractivity contribution in [2.75, 3.05) is 5.32 Å². The number of benzene rings is 2. The molecule has 0 radical (unpaired) electrons. The van der Waals surface area contributed by atoms with Crippen LogP contribution in [0.1, 0.15) is 22.8 Å². The van der Waals surface area contributed by atoms with Gasteiger partial charge in [-0.3, -0.25) is 9.59 Å². The number of para-hydroxylation sites is 1. The Hall–Kier alpha value is -2.53. The van der Waals surface area contributed by atoms with Crippen LogP contribution in [-0.2, 0) is 4.79 Å². The Kier molecular flexibility index (Phi) is 5.24. The van der Waals surface area contributed by atoms with Crippen LogP contribution in [0.25, 0.3) is 0 Å². The quantitative estimate of drug-likeness (QED) is 0.882. The van der Waals surface area contributed by atoms with Crippen LogP contribution in [0.3, 0.4) is 0 Å². The minimum atomic E-state index is -0.754. The van der Waals surface area contributed by atoms with Crippen LogP contribution in [0.2, 0.25) is 5.02 Å². The van der Waals surface area contributed by atoms with Crippen LogP contribution in [0, 0.1) is 6.92 Å². The van der Waals surface area contributed by atoms with E-state index in [1.54, 1.807) is 49.4 Å². The topological polar surface area (TPSA) is 81.4 Å². The van der Waals surface area contributed by atoms with Crippen molar-refractivity contribution >= 4 is 29.1 Å². The van der Waals surface area contributed by atoms with Crippen LogP contribution in [-0.4, -0.2) is 17.9 Å². The molecule has 2 aromatic carbocycles. The first kappa shape index (κ1) is 16.8. The highest BCUT2D eigenvalue weighted by Gasteiger charge is 2.18. The molecule has 3 N–H and O–H groups in total. The summed E-state index contributed by atoms with van der Waals surface area (Å²) in [5.41, 5.74) is 6.72. The lowest BCUT2D eigenvalue weighted by Crippen LogP contribution is -2.31. The molecular formula is C17H17ClN2O3. The van der Waals surface area contributed by atoms with Gasteiger partial charge in [-0.1, -0.05) is 23.7 Å². The fourth-order valence-electron chi connectivity index (χ4n) is 2.03. The second-order valence-corrected chi connectivity index (χ2v) is 5.51. The van der Waals surface area contributed by atoms with Crippen molar-refractivity contribution in [1.29, 1.82) is 0 Å². The Morgan fingerprint density at radius 3 is 2.57 bits per heavy atom. The number of hydrogen-bond acceptors (Lipinski definition) is 3. The first-order chi connectivity index (χ1) is 10.9. The second kappa shape index (κ2) is 7.15. The van der Waals surface area contributed by atoms with Gasteiger partial charge in [0.05, 0.1) is 11.3 Å². The summed E-state index contributed by atoms with van der Waals surface area (Å²) in [5, 5.41) is 3.25. The van der Waals surface area contributed by atoms with E-state index in [0.717, 1.165) is 5.56 Å². The van der Waals surface area contributed by atoms with Gasteiger partial charge >= 0.3 is 0 Å². The van der Waals surface area contributed by atoms with E-state index in [-0.39, 0.29) is 11.5 Å². The maximum Gasteiger partial charge on any atom is 0.265 e. The first-order valence-corrected chi connectivity index (χ1v) is 7.39. The number of amides is 2. The monoisotopic (exact) mass is 332 g/mol. The maximum absolute atomic E-state index is 12.3. The van der Waals surface area contributed by atoms with Crippen LogP contribution >= 0.6 is 11.6 Å².